The molecule has 2 unspecified atom stereocenters. The normalized spacial score (nSPS) is 12.7. The monoisotopic (exact) mass is 1110 g/mol. The third-order valence-electron chi connectivity index (χ3n) is 16.6. The Bertz CT molecular complexity index is 1280. The summed E-state index contributed by atoms with van der Waals surface area (Å²) < 4.78 is 5.47. The van der Waals surface area contributed by atoms with Crippen molar-refractivity contribution in [1.29, 1.82) is 0 Å². The minimum absolute atomic E-state index is 0.0113. The van der Waals surface area contributed by atoms with Crippen molar-refractivity contribution in [3.8, 4) is 0 Å². The number of aliphatic hydroxyl groups excluding tert-OH is 2. The number of carbonyl (C=O) groups is 2. The van der Waals surface area contributed by atoms with E-state index in [1.807, 2.05) is 6.08 Å². The van der Waals surface area contributed by atoms with E-state index in [1.165, 1.54) is 321 Å². The lowest BCUT2D eigenvalue weighted by Crippen LogP contribution is -2.45. The Kier molecular flexibility index (Phi) is 66.9. The van der Waals surface area contributed by atoms with Gasteiger partial charge in [-0.2, -0.15) is 0 Å². The molecule has 0 aromatic carbocycles. The fraction of sp³-hybridized carbons (Fsp3) is 0.890. The lowest BCUT2D eigenvalue weighted by molar-refractivity contribution is -0.143. The van der Waals surface area contributed by atoms with Crippen LogP contribution in [0.2, 0.25) is 0 Å². The summed E-state index contributed by atoms with van der Waals surface area (Å²) in [5.41, 5.74) is 0. The molecule has 0 saturated heterocycles. The van der Waals surface area contributed by atoms with E-state index in [1.54, 1.807) is 6.08 Å². The zero-order valence-electron chi connectivity index (χ0n) is 53.4. The number of amides is 1. The fourth-order valence-corrected chi connectivity index (χ4v) is 11.1. The van der Waals surface area contributed by atoms with Crippen LogP contribution in [0, 0.1) is 0 Å². The van der Waals surface area contributed by atoms with Crippen LogP contribution in [0.4, 0.5) is 0 Å². The van der Waals surface area contributed by atoms with E-state index in [-0.39, 0.29) is 18.5 Å². The number of allylic oxidation sites excluding steroid dienone is 5. The minimum atomic E-state index is -0.840. The molecule has 3 N–H and O–H groups in total. The summed E-state index contributed by atoms with van der Waals surface area (Å²) in [5.74, 6) is -0.0516. The second-order valence-corrected chi connectivity index (χ2v) is 24.6. The molecule has 6 heteroatoms. The van der Waals surface area contributed by atoms with Crippen molar-refractivity contribution in [3.63, 3.8) is 0 Å². The first-order chi connectivity index (χ1) is 39.0. The number of unbranched alkanes of at least 4 members (excludes halogenated alkanes) is 52. The maximum atomic E-state index is 12.5. The molecule has 0 aliphatic carbocycles. The summed E-state index contributed by atoms with van der Waals surface area (Å²) in [7, 11) is 0. The number of hydrogen-bond donors (Lipinski definition) is 3. The summed E-state index contributed by atoms with van der Waals surface area (Å²) in [6.07, 6.45) is 88.3. The van der Waals surface area contributed by atoms with Crippen LogP contribution in [0.25, 0.3) is 0 Å². The van der Waals surface area contributed by atoms with Crippen LogP contribution in [0.3, 0.4) is 0 Å². The predicted molar refractivity (Wildman–Crippen MR) is 347 cm³/mol. The number of hydrogen-bond acceptors (Lipinski definition) is 5. The highest BCUT2D eigenvalue weighted by Gasteiger charge is 2.18. The first-order valence-corrected chi connectivity index (χ1v) is 35.8. The third-order valence-corrected chi connectivity index (χ3v) is 16.6. The van der Waals surface area contributed by atoms with Crippen molar-refractivity contribution in [3.05, 3.63) is 36.5 Å². The van der Waals surface area contributed by atoms with Crippen LogP contribution in [-0.2, 0) is 14.3 Å². The van der Waals surface area contributed by atoms with Crippen molar-refractivity contribution in [2.24, 2.45) is 0 Å². The van der Waals surface area contributed by atoms with Gasteiger partial charge in [-0.3, -0.25) is 9.59 Å². The maximum absolute atomic E-state index is 12.5. The average Bonchev–Trinajstić information content (AvgIpc) is 3.45. The van der Waals surface area contributed by atoms with Gasteiger partial charge in [0.05, 0.1) is 25.4 Å². The number of carbonyl (C=O) groups excluding carboxylic acids is 2. The molecule has 6 nitrogen and oxygen atoms in total. The molecule has 0 fully saturated rings. The molecule has 0 aromatic rings. The molecule has 0 heterocycles. The van der Waals surface area contributed by atoms with E-state index in [0.29, 0.717) is 19.4 Å². The van der Waals surface area contributed by atoms with E-state index in [0.717, 1.165) is 44.9 Å². The summed E-state index contributed by atoms with van der Waals surface area (Å²) in [6.45, 7) is 4.88. The van der Waals surface area contributed by atoms with Gasteiger partial charge in [-0.25, -0.2) is 0 Å². The number of rotatable bonds is 67. The van der Waals surface area contributed by atoms with Crippen molar-refractivity contribution >= 4 is 11.9 Å². The molecule has 1 amide bonds. The van der Waals surface area contributed by atoms with Gasteiger partial charge in [0.25, 0.3) is 0 Å². The molecule has 0 saturated carbocycles. The lowest BCUT2D eigenvalue weighted by atomic mass is 10.0. The Morgan fingerprint density at radius 1 is 0.342 bits per heavy atom. The number of ether oxygens (including phenoxy) is 1. The summed E-state index contributed by atoms with van der Waals surface area (Å²) in [5, 5.41) is 23.1. The Balaban J connectivity index is 3.32. The van der Waals surface area contributed by atoms with Gasteiger partial charge in [0.1, 0.15) is 0 Å². The van der Waals surface area contributed by atoms with Crippen LogP contribution in [0.1, 0.15) is 393 Å². The van der Waals surface area contributed by atoms with Gasteiger partial charge in [-0.1, -0.05) is 339 Å². The highest BCUT2D eigenvalue weighted by atomic mass is 16.5. The molecule has 0 aliphatic heterocycles. The molecular weight excluding hydrogens is 971 g/mol. The van der Waals surface area contributed by atoms with Gasteiger partial charge in [0.2, 0.25) is 5.91 Å². The predicted octanol–water partition coefficient (Wildman–Crippen LogP) is 23.1. The zero-order chi connectivity index (χ0) is 57.1. The Morgan fingerprint density at radius 3 is 0.937 bits per heavy atom. The van der Waals surface area contributed by atoms with Crippen molar-refractivity contribution < 1.29 is 24.5 Å². The molecular formula is C73H139NO5. The number of aliphatic hydroxyl groups is 2. The maximum Gasteiger partial charge on any atom is 0.305 e. The van der Waals surface area contributed by atoms with Crippen LogP contribution in [0.5, 0.6) is 0 Å². The molecule has 0 aliphatic rings. The van der Waals surface area contributed by atoms with Gasteiger partial charge in [-0.15, -0.1) is 0 Å². The molecule has 0 rings (SSSR count). The van der Waals surface area contributed by atoms with Gasteiger partial charge in [-0.05, 0) is 77.0 Å². The fourth-order valence-electron chi connectivity index (χ4n) is 11.1. The van der Waals surface area contributed by atoms with Gasteiger partial charge in [0.15, 0.2) is 0 Å². The topological polar surface area (TPSA) is 95.9 Å². The highest BCUT2D eigenvalue weighted by Crippen LogP contribution is 2.19. The van der Waals surface area contributed by atoms with Gasteiger partial charge < -0.3 is 20.3 Å². The first kappa shape index (κ1) is 77.1. The summed E-state index contributed by atoms with van der Waals surface area (Å²) in [6, 6.07) is -0.623. The molecule has 79 heavy (non-hydrogen) atoms. The summed E-state index contributed by atoms with van der Waals surface area (Å²) >= 11 is 0. The van der Waals surface area contributed by atoms with E-state index in [2.05, 4.69) is 43.5 Å². The zero-order valence-corrected chi connectivity index (χ0v) is 53.4. The highest BCUT2D eigenvalue weighted by molar-refractivity contribution is 5.76. The Labute approximate surface area is 494 Å². The minimum Gasteiger partial charge on any atom is -0.466 e. The van der Waals surface area contributed by atoms with Crippen LogP contribution < -0.4 is 5.32 Å². The first-order valence-electron chi connectivity index (χ1n) is 35.8. The van der Waals surface area contributed by atoms with Gasteiger partial charge >= 0.3 is 5.97 Å². The Hall–Kier alpha value is -1.92. The molecule has 0 spiro atoms. The van der Waals surface area contributed by atoms with E-state index < -0.39 is 12.1 Å². The van der Waals surface area contributed by atoms with E-state index in [4.69, 9.17) is 4.74 Å². The van der Waals surface area contributed by atoms with Crippen molar-refractivity contribution in [1.82, 2.24) is 5.32 Å². The Morgan fingerprint density at radius 2 is 0.608 bits per heavy atom. The second kappa shape index (κ2) is 68.6. The largest absolute Gasteiger partial charge is 0.466 e. The standard InChI is InChI=1S/C73H139NO5/c1-3-5-7-9-11-13-15-46-49-53-57-61-65-71(76)70(69-75)74-72(77)66-62-58-54-50-47-43-41-39-37-35-33-31-29-27-25-23-21-19-17-16-18-20-22-24-26-28-30-32-34-36-38-40-42-44-48-52-56-60-64-68-79-73(78)67-63-59-55-51-45-14-12-10-8-6-4-2/h10,12,16-17,61,65,70-71,75-76H,3-9,11,13-15,18-60,62-64,66-69H2,1-2H3,(H,74,77)/b12-10-,17-16-,65-61+. The molecule has 2 atom stereocenters. The molecule has 466 valence electrons. The molecule has 0 bridgehead atoms. The SMILES string of the molecule is CCCC/C=C\CCCCCCCC(=O)OCCCCCCCCCCCCCCCCCCCC/C=C\CCCCCCCCCCCCCCCCCCCC(=O)NC(CO)C(O)/C=C/CCCCCCCCCCCC. The third kappa shape index (κ3) is 65.1. The quantitative estimate of drug-likeness (QED) is 0.0320. The van der Waals surface area contributed by atoms with Gasteiger partial charge in [0, 0.05) is 12.8 Å². The average molecular weight is 1110 g/mol. The second-order valence-electron chi connectivity index (χ2n) is 24.6. The molecule has 0 radical (unpaired) electrons. The van der Waals surface area contributed by atoms with Crippen LogP contribution in [0.15, 0.2) is 36.5 Å². The smallest absolute Gasteiger partial charge is 0.305 e. The summed E-state index contributed by atoms with van der Waals surface area (Å²) in [4.78, 5) is 24.5. The van der Waals surface area contributed by atoms with Crippen molar-refractivity contribution in [2.75, 3.05) is 13.2 Å². The van der Waals surface area contributed by atoms with Crippen molar-refractivity contribution in [2.45, 2.75) is 405 Å². The number of esters is 1. The lowest BCUT2D eigenvalue weighted by Gasteiger charge is -2.20. The van der Waals surface area contributed by atoms with E-state index in [9.17, 15) is 19.8 Å². The molecule has 0 aromatic heterocycles. The number of nitrogens with one attached hydrogen (secondary N) is 1. The van der Waals surface area contributed by atoms with Crippen LogP contribution in [-0.4, -0.2) is 47.4 Å². The van der Waals surface area contributed by atoms with E-state index >= 15 is 0 Å². The van der Waals surface area contributed by atoms with Crippen LogP contribution >= 0.6 is 0 Å².